The van der Waals surface area contributed by atoms with Crippen LogP contribution in [0.3, 0.4) is 0 Å². The third-order valence-electron chi connectivity index (χ3n) is 5.07. The summed E-state index contributed by atoms with van der Waals surface area (Å²) in [5, 5.41) is 0. The van der Waals surface area contributed by atoms with Gasteiger partial charge >= 0.3 is 5.97 Å². The van der Waals surface area contributed by atoms with Crippen LogP contribution < -0.4 is 4.72 Å². The van der Waals surface area contributed by atoms with Crippen LogP contribution in [-0.4, -0.2) is 39.5 Å². The fourth-order valence-corrected chi connectivity index (χ4v) is 4.93. The number of rotatable bonds is 5. The summed E-state index contributed by atoms with van der Waals surface area (Å²) in [5.74, 6) is -0.313. The predicted molar refractivity (Wildman–Crippen MR) is 84.5 cm³/mol. The van der Waals surface area contributed by atoms with Gasteiger partial charge in [-0.3, -0.25) is 0 Å². The van der Waals surface area contributed by atoms with Crippen LogP contribution >= 0.6 is 0 Å². The fourth-order valence-electron chi connectivity index (χ4n) is 2.95. The minimum atomic E-state index is -3.49. The van der Waals surface area contributed by atoms with Crippen molar-refractivity contribution >= 4 is 16.0 Å². The SMILES string of the molecule is COC(=O)c1cccc(C2(NS(=O)(=O)[C@@]3(C)C[C@@H]3C)COC2)c1. The molecule has 6 nitrogen and oxygen atoms in total. The van der Waals surface area contributed by atoms with E-state index in [0.717, 1.165) is 0 Å². The Balaban J connectivity index is 1.92. The summed E-state index contributed by atoms with van der Waals surface area (Å²) in [7, 11) is -2.17. The molecule has 0 radical (unpaired) electrons. The lowest BCUT2D eigenvalue weighted by Crippen LogP contribution is -2.61. The lowest BCUT2D eigenvalue weighted by molar-refractivity contribution is -0.0666. The van der Waals surface area contributed by atoms with Crippen LogP contribution in [0.15, 0.2) is 24.3 Å². The minimum Gasteiger partial charge on any atom is -0.465 e. The molecule has 1 N–H and O–H groups in total. The number of nitrogens with one attached hydrogen (secondary N) is 1. The fraction of sp³-hybridized carbons (Fsp3) is 0.562. The first-order valence-electron chi connectivity index (χ1n) is 7.54. The van der Waals surface area contributed by atoms with Gasteiger partial charge in [0.15, 0.2) is 0 Å². The number of ether oxygens (including phenoxy) is 2. The van der Waals surface area contributed by atoms with E-state index in [-0.39, 0.29) is 19.1 Å². The summed E-state index contributed by atoms with van der Waals surface area (Å²) < 4.78 is 37.6. The third kappa shape index (κ3) is 2.56. The maximum absolute atomic E-state index is 12.7. The smallest absolute Gasteiger partial charge is 0.337 e. The number of sulfonamides is 1. The maximum Gasteiger partial charge on any atom is 0.337 e. The van der Waals surface area contributed by atoms with Gasteiger partial charge < -0.3 is 9.47 Å². The minimum absolute atomic E-state index is 0.138. The van der Waals surface area contributed by atoms with Gasteiger partial charge in [0, 0.05) is 0 Å². The van der Waals surface area contributed by atoms with Crippen molar-refractivity contribution in [2.75, 3.05) is 20.3 Å². The summed E-state index contributed by atoms with van der Waals surface area (Å²) in [6, 6.07) is 6.82. The monoisotopic (exact) mass is 339 g/mol. The summed E-state index contributed by atoms with van der Waals surface area (Å²) in [4.78, 5) is 11.7. The van der Waals surface area contributed by atoms with Crippen molar-refractivity contribution in [3.63, 3.8) is 0 Å². The molecule has 0 spiro atoms. The summed E-state index contributed by atoms with van der Waals surface area (Å²) in [6.45, 7) is 4.20. The summed E-state index contributed by atoms with van der Waals surface area (Å²) in [5.41, 5.74) is 0.294. The van der Waals surface area contributed by atoms with E-state index in [4.69, 9.17) is 9.47 Å². The Morgan fingerprint density at radius 1 is 1.39 bits per heavy atom. The second-order valence-corrected chi connectivity index (χ2v) is 8.81. The van der Waals surface area contributed by atoms with Gasteiger partial charge in [-0.2, -0.15) is 4.72 Å². The summed E-state index contributed by atoms with van der Waals surface area (Å²) >= 11 is 0. The molecule has 7 heteroatoms. The van der Waals surface area contributed by atoms with Crippen molar-refractivity contribution in [2.24, 2.45) is 5.92 Å². The van der Waals surface area contributed by atoms with E-state index in [1.807, 2.05) is 6.92 Å². The molecule has 2 atom stereocenters. The van der Waals surface area contributed by atoms with Crippen LogP contribution in [0.25, 0.3) is 0 Å². The molecule has 1 aliphatic carbocycles. The number of carbonyl (C=O) groups excluding carboxylic acids is 1. The Bertz CT molecular complexity index is 741. The van der Waals surface area contributed by atoms with Crippen molar-refractivity contribution in [1.29, 1.82) is 0 Å². The lowest BCUT2D eigenvalue weighted by atomic mass is 9.88. The first kappa shape index (κ1) is 16.4. The number of carbonyl (C=O) groups is 1. The van der Waals surface area contributed by atoms with E-state index >= 15 is 0 Å². The van der Waals surface area contributed by atoms with Gasteiger partial charge in [0.2, 0.25) is 10.0 Å². The Hall–Kier alpha value is -1.44. The van der Waals surface area contributed by atoms with Crippen molar-refractivity contribution < 1.29 is 22.7 Å². The first-order valence-corrected chi connectivity index (χ1v) is 9.02. The average molecular weight is 339 g/mol. The molecule has 1 saturated heterocycles. The number of hydrogen-bond acceptors (Lipinski definition) is 5. The van der Waals surface area contributed by atoms with Crippen LogP contribution in [-0.2, 0) is 25.0 Å². The number of esters is 1. The summed E-state index contributed by atoms with van der Waals surface area (Å²) in [6.07, 6.45) is 0.654. The zero-order chi connectivity index (χ0) is 16.9. The van der Waals surface area contributed by atoms with Gasteiger partial charge in [-0.15, -0.1) is 0 Å². The highest BCUT2D eigenvalue weighted by molar-refractivity contribution is 7.91. The topological polar surface area (TPSA) is 81.7 Å². The molecule has 2 aliphatic rings. The molecule has 1 aliphatic heterocycles. The molecule has 1 saturated carbocycles. The molecule has 0 amide bonds. The third-order valence-corrected chi connectivity index (χ3v) is 7.53. The Kier molecular flexibility index (Phi) is 3.78. The second-order valence-electron chi connectivity index (χ2n) is 6.67. The largest absolute Gasteiger partial charge is 0.465 e. The van der Waals surface area contributed by atoms with Gasteiger partial charge in [0.25, 0.3) is 0 Å². The number of methoxy groups -OCH3 is 1. The van der Waals surface area contributed by atoms with E-state index in [2.05, 4.69) is 4.72 Å². The molecule has 0 bridgehead atoms. The van der Waals surface area contributed by atoms with Crippen molar-refractivity contribution in [1.82, 2.24) is 4.72 Å². The standard InChI is InChI=1S/C16H21NO5S/c1-11-8-15(11,2)23(19,20)17-16(9-22-10-16)13-6-4-5-12(7-13)14(18)21-3/h4-7,11,17H,8-10H2,1-3H3/t11-,15-/m0/s1. The van der Waals surface area contributed by atoms with Gasteiger partial charge in [-0.1, -0.05) is 19.1 Å². The molecule has 0 unspecified atom stereocenters. The van der Waals surface area contributed by atoms with Gasteiger partial charge in [-0.25, -0.2) is 13.2 Å². The first-order chi connectivity index (χ1) is 10.7. The molecule has 2 fully saturated rings. The van der Waals surface area contributed by atoms with Gasteiger partial charge in [0.05, 0.1) is 30.6 Å². The van der Waals surface area contributed by atoms with E-state index < -0.39 is 26.3 Å². The molecular weight excluding hydrogens is 318 g/mol. The van der Waals surface area contributed by atoms with Crippen molar-refractivity contribution in [3.8, 4) is 0 Å². The maximum atomic E-state index is 12.7. The molecule has 0 aromatic heterocycles. The Morgan fingerprint density at radius 2 is 2.04 bits per heavy atom. The molecule has 3 rings (SSSR count). The van der Waals surface area contributed by atoms with Gasteiger partial charge in [0.1, 0.15) is 5.54 Å². The molecular formula is C16H21NO5S. The van der Waals surface area contributed by atoms with E-state index in [9.17, 15) is 13.2 Å². The quantitative estimate of drug-likeness (QED) is 0.821. The van der Waals surface area contributed by atoms with Crippen LogP contribution in [0.4, 0.5) is 0 Å². The predicted octanol–water partition coefficient (Wildman–Crippen LogP) is 1.42. The average Bonchev–Trinajstić information content (AvgIpc) is 3.12. The highest BCUT2D eigenvalue weighted by Gasteiger charge is 2.60. The van der Waals surface area contributed by atoms with Crippen molar-refractivity contribution in [2.45, 2.75) is 30.6 Å². The molecule has 1 aromatic rings. The molecule has 126 valence electrons. The number of hydrogen-bond donors (Lipinski definition) is 1. The second kappa shape index (κ2) is 5.29. The van der Waals surface area contributed by atoms with E-state index in [1.165, 1.54) is 7.11 Å². The number of benzene rings is 1. The molecule has 1 aromatic carbocycles. The van der Waals surface area contributed by atoms with Crippen LogP contribution in [0, 0.1) is 5.92 Å². The van der Waals surface area contributed by atoms with Crippen LogP contribution in [0.2, 0.25) is 0 Å². The van der Waals surface area contributed by atoms with Gasteiger partial charge in [-0.05, 0) is 37.0 Å². The van der Waals surface area contributed by atoms with Crippen LogP contribution in [0.1, 0.15) is 36.2 Å². The van der Waals surface area contributed by atoms with Crippen molar-refractivity contribution in [3.05, 3.63) is 35.4 Å². The normalized spacial score (nSPS) is 28.7. The highest BCUT2D eigenvalue weighted by atomic mass is 32.2. The lowest BCUT2D eigenvalue weighted by Gasteiger charge is -2.43. The zero-order valence-corrected chi connectivity index (χ0v) is 14.3. The Morgan fingerprint density at radius 3 is 2.52 bits per heavy atom. The highest BCUT2D eigenvalue weighted by Crippen LogP contribution is 2.50. The molecule has 1 heterocycles. The Labute approximate surface area is 136 Å². The zero-order valence-electron chi connectivity index (χ0n) is 13.5. The molecule has 23 heavy (non-hydrogen) atoms. The van der Waals surface area contributed by atoms with E-state index in [0.29, 0.717) is 17.5 Å². The van der Waals surface area contributed by atoms with E-state index in [1.54, 1.807) is 31.2 Å². The van der Waals surface area contributed by atoms with Crippen LogP contribution in [0.5, 0.6) is 0 Å².